The maximum absolute atomic E-state index is 10.1. The van der Waals surface area contributed by atoms with Crippen LogP contribution in [-0.2, 0) is 6.54 Å². The third-order valence-electron chi connectivity index (χ3n) is 3.91. The highest BCUT2D eigenvalue weighted by Gasteiger charge is 2.32. The molecule has 108 valence electrons. The summed E-state index contributed by atoms with van der Waals surface area (Å²) in [7, 11) is 0. The lowest BCUT2D eigenvalue weighted by molar-refractivity contribution is 0.126. The number of nitrogens with zero attached hydrogens (tertiary/aromatic N) is 3. The quantitative estimate of drug-likeness (QED) is 0.774. The van der Waals surface area contributed by atoms with Crippen molar-refractivity contribution in [2.24, 2.45) is 0 Å². The number of thioether (sulfide) groups is 1. The molecule has 1 saturated heterocycles. The molecule has 1 aliphatic heterocycles. The molecule has 0 aliphatic carbocycles. The standard InChI is InChI=1S/C13H19N5OS/c1-20-6-9-10(19)2-3-18(9)5-8-4-15-12-11(8)16-7-17-13(12)14/h4,7,9-10,15,19H,2-3,5-6H2,1H3,(H2,14,16,17)/t9?,10-/m1/s1. The van der Waals surface area contributed by atoms with Gasteiger partial charge in [0, 0.05) is 36.6 Å². The number of likely N-dealkylation sites (tertiary alicyclic amines) is 1. The Balaban J connectivity index is 1.84. The van der Waals surface area contributed by atoms with Crippen LogP contribution < -0.4 is 5.73 Å². The van der Waals surface area contributed by atoms with E-state index >= 15 is 0 Å². The Kier molecular flexibility index (Phi) is 3.82. The van der Waals surface area contributed by atoms with E-state index < -0.39 is 0 Å². The zero-order valence-electron chi connectivity index (χ0n) is 11.4. The van der Waals surface area contributed by atoms with E-state index in [-0.39, 0.29) is 12.1 Å². The molecular formula is C13H19N5OS. The minimum absolute atomic E-state index is 0.217. The minimum Gasteiger partial charge on any atom is -0.391 e. The largest absolute Gasteiger partial charge is 0.391 e. The molecule has 2 atom stereocenters. The van der Waals surface area contributed by atoms with Crippen LogP contribution in [0.5, 0.6) is 0 Å². The van der Waals surface area contributed by atoms with Gasteiger partial charge in [-0.1, -0.05) is 0 Å². The van der Waals surface area contributed by atoms with Crippen LogP contribution in [-0.4, -0.2) is 55.7 Å². The Bertz CT molecular complexity index is 601. The van der Waals surface area contributed by atoms with E-state index in [2.05, 4.69) is 26.1 Å². The monoisotopic (exact) mass is 293 g/mol. The normalized spacial score (nSPS) is 23.7. The number of nitrogens with two attached hydrogens (primary N) is 1. The van der Waals surface area contributed by atoms with Crippen molar-refractivity contribution in [3.8, 4) is 0 Å². The molecule has 3 rings (SSSR count). The van der Waals surface area contributed by atoms with E-state index in [1.54, 1.807) is 11.8 Å². The zero-order chi connectivity index (χ0) is 14.1. The molecule has 1 fully saturated rings. The molecule has 0 radical (unpaired) electrons. The van der Waals surface area contributed by atoms with Gasteiger partial charge in [0.05, 0.1) is 11.6 Å². The lowest BCUT2D eigenvalue weighted by Crippen LogP contribution is -2.36. The predicted octanol–water partition coefficient (Wildman–Crippen LogP) is 0.838. The third-order valence-corrected chi connectivity index (χ3v) is 4.58. The predicted molar refractivity (Wildman–Crippen MR) is 81.5 cm³/mol. The van der Waals surface area contributed by atoms with Crippen molar-refractivity contribution in [1.29, 1.82) is 0 Å². The molecule has 0 spiro atoms. The van der Waals surface area contributed by atoms with Gasteiger partial charge in [0.25, 0.3) is 0 Å². The van der Waals surface area contributed by atoms with E-state index in [9.17, 15) is 5.11 Å². The van der Waals surface area contributed by atoms with Crippen molar-refractivity contribution < 1.29 is 5.11 Å². The minimum atomic E-state index is -0.229. The van der Waals surface area contributed by atoms with E-state index in [1.807, 2.05) is 6.20 Å². The molecule has 1 aliphatic rings. The zero-order valence-corrected chi connectivity index (χ0v) is 12.2. The maximum atomic E-state index is 10.1. The number of hydrogen-bond acceptors (Lipinski definition) is 6. The number of hydrogen-bond donors (Lipinski definition) is 3. The van der Waals surface area contributed by atoms with Crippen LogP contribution in [0.15, 0.2) is 12.5 Å². The molecule has 0 amide bonds. The first kappa shape index (κ1) is 13.7. The van der Waals surface area contributed by atoms with Crippen molar-refractivity contribution in [1.82, 2.24) is 19.9 Å². The fraction of sp³-hybridized carbons (Fsp3) is 0.538. The van der Waals surface area contributed by atoms with E-state index in [1.165, 1.54) is 6.33 Å². The number of nitrogen functional groups attached to an aromatic ring is 1. The highest BCUT2D eigenvalue weighted by atomic mass is 32.2. The van der Waals surface area contributed by atoms with Gasteiger partial charge in [-0.05, 0) is 12.7 Å². The van der Waals surface area contributed by atoms with Gasteiger partial charge in [-0.25, -0.2) is 9.97 Å². The highest BCUT2D eigenvalue weighted by molar-refractivity contribution is 7.98. The summed E-state index contributed by atoms with van der Waals surface area (Å²) in [5, 5.41) is 10.1. The summed E-state index contributed by atoms with van der Waals surface area (Å²) >= 11 is 1.77. The van der Waals surface area contributed by atoms with Crippen LogP contribution in [0.2, 0.25) is 0 Å². The average Bonchev–Trinajstić information content (AvgIpc) is 2.99. The highest BCUT2D eigenvalue weighted by Crippen LogP contribution is 2.26. The lowest BCUT2D eigenvalue weighted by Gasteiger charge is -2.25. The van der Waals surface area contributed by atoms with Gasteiger partial charge in [-0.15, -0.1) is 0 Å². The fourth-order valence-corrected chi connectivity index (χ4v) is 3.61. The second-order valence-electron chi connectivity index (χ2n) is 5.15. The van der Waals surface area contributed by atoms with Gasteiger partial charge in [0.2, 0.25) is 0 Å². The Morgan fingerprint density at radius 2 is 2.40 bits per heavy atom. The van der Waals surface area contributed by atoms with Gasteiger partial charge in [-0.2, -0.15) is 11.8 Å². The fourth-order valence-electron chi connectivity index (χ4n) is 2.84. The average molecular weight is 293 g/mol. The number of H-pyrrole nitrogens is 1. The van der Waals surface area contributed by atoms with Gasteiger partial charge >= 0.3 is 0 Å². The van der Waals surface area contributed by atoms with Gasteiger partial charge < -0.3 is 15.8 Å². The second-order valence-corrected chi connectivity index (χ2v) is 6.06. The van der Waals surface area contributed by atoms with Gasteiger partial charge in [0.15, 0.2) is 5.82 Å². The Hall–Kier alpha value is -1.31. The van der Waals surface area contributed by atoms with E-state index in [4.69, 9.17) is 5.73 Å². The molecule has 4 N–H and O–H groups in total. The van der Waals surface area contributed by atoms with Crippen molar-refractivity contribution in [2.75, 3.05) is 24.3 Å². The summed E-state index contributed by atoms with van der Waals surface area (Å²) in [5.41, 5.74) is 8.61. The van der Waals surface area contributed by atoms with Crippen molar-refractivity contribution in [3.05, 3.63) is 18.1 Å². The molecule has 20 heavy (non-hydrogen) atoms. The third kappa shape index (κ3) is 2.36. The maximum Gasteiger partial charge on any atom is 0.151 e. The Labute approximate surface area is 121 Å². The van der Waals surface area contributed by atoms with E-state index in [0.29, 0.717) is 5.82 Å². The van der Waals surface area contributed by atoms with Crippen molar-refractivity contribution in [3.63, 3.8) is 0 Å². The molecule has 0 bridgehead atoms. The molecule has 0 aromatic carbocycles. The summed E-state index contributed by atoms with van der Waals surface area (Å²) in [5.74, 6) is 1.42. The number of nitrogens with one attached hydrogen (secondary N) is 1. The summed E-state index contributed by atoms with van der Waals surface area (Å²) in [6, 6.07) is 0.217. The number of fused-ring (bicyclic) bond motifs is 1. The van der Waals surface area contributed by atoms with E-state index in [0.717, 1.165) is 41.9 Å². The number of aliphatic hydroxyl groups excluding tert-OH is 1. The van der Waals surface area contributed by atoms with Crippen LogP contribution in [0.1, 0.15) is 12.0 Å². The van der Waals surface area contributed by atoms with Crippen LogP contribution in [0.3, 0.4) is 0 Å². The van der Waals surface area contributed by atoms with Crippen LogP contribution in [0.4, 0.5) is 5.82 Å². The lowest BCUT2D eigenvalue weighted by atomic mass is 10.2. The Morgan fingerprint density at radius 1 is 1.55 bits per heavy atom. The van der Waals surface area contributed by atoms with Crippen LogP contribution in [0, 0.1) is 0 Å². The Morgan fingerprint density at radius 3 is 3.20 bits per heavy atom. The summed E-state index contributed by atoms with van der Waals surface area (Å²) in [4.78, 5) is 13.8. The summed E-state index contributed by atoms with van der Waals surface area (Å²) in [6.45, 7) is 1.69. The smallest absolute Gasteiger partial charge is 0.151 e. The molecular weight excluding hydrogens is 274 g/mol. The second kappa shape index (κ2) is 5.59. The number of anilines is 1. The summed E-state index contributed by atoms with van der Waals surface area (Å²) in [6.07, 6.45) is 6.12. The van der Waals surface area contributed by atoms with Crippen molar-refractivity contribution >= 4 is 28.6 Å². The summed E-state index contributed by atoms with van der Waals surface area (Å²) < 4.78 is 0. The molecule has 6 nitrogen and oxygen atoms in total. The first-order valence-electron chi connectivity index (χ1n) is 6.68. The molecule has 7 heteroatoms. The number of aliphatic hydroxyl groups is 1. The van der Waals surface area contributed by atoms with Gasteiger partial charge in [0.1, 0.15) is 11.8 Å². The van der Waals surface area contributed by atoms with Crippen molar-refractivity contribution in [2.45, 2.75) is 25.1 Å². The van der Waals surface area contributed by atoms with Crippen LogP contribution >= 0.6 is 11.8 Å². The first-order valence-corrected chi connectivity index (χ1v) is 8.07. The molecule has 2 aromatic rings. The SMILES string of the molecule is CSCC1[C@H](O)CCN1Cc1c[nH]c2c(N)ncnc12. The molecule has 2 aromatic heterocycles. The van der Waals surface area contributed by atoms with Crippen LogP contribution in [0.25, 0.3) is 11.0 Å². The number of aromatic amines is 1. The number of rotatable bonds is 4. The molecule has 3 heterocycles. The molecule has 0 saturated carbocycles. The topological polar surface area (TPSA) is 91.1 Å². The first-order chi connectivity index (χ1) is 9.70. The number of aromatic nitrogens is 3. The van der Waals surface area contributed by atoms with Gasteiger partial charge in [-0.3, -0.25) is 4.90 Å². The molecule has 1 unspecified atom stereocenters.